The van der Waals surface area contributed by atoms with Crippen LogP contribution in [0.15, 0.2) is 72.8 Å². The van der Waals surface area contributed by atoms with Crippen molar-refractivity contribution < 1.29 is 27.9 Å². The zero-order chi connectivity index (χ0) is 28.8. The number of nitrogens with zero attached hydrogens (tertiary/aromatic N) is 3. The SMILES string of the molecule is CCOP(=O)(CCCCn1c(CN2C(=O)c3ccccc3C2=O)nc2ccc(OCc3ccccc3)cc21)OCC. The first-order valence-electron chi connectivity index (χ1n) is 13.9. The van der Waals surface area contributed by atoms with Crippen molar-refractivity contribution in [1.29, 1.82) is 0 Å². The van der Waals surface area contributed by atoms with Gasteiger partial charge in [0.15, 0.2) is 0 Å². The Bertz CT molecular complexity index is 1540. The second-order valence-corrected chi connectivity index (χ2v) is 11.9. The van der Waals surface area contributed by atoms with Gasteiger partial charge in [-0.1, -0.05) is 42.5 Å². The van der Waals surface area contributed by atoms with E-state index in [-0.39, 0.29) is 18.4 Å². The van der Waals surface area contributed by atoms with Crippen molar-refractivity contribution in [2.24, 2.45) is 0 Å². The van der Waals surface area contributed by atoms with E-state index in [9.17, 15) is 14.2 Å². The van der Waals surface area contributed by atoms with Crippen LogP contribution >= 0.6 is 7.60 Å². The van der Waals surface area contributed by atoms with Crippen molar-refractivity contribution >= 4 is 30.4 Å². The molecule has 0 radical (unpaired) electrons. The maximum atomic E-state index is 13.1. The minimum Gasteiger partial charge on any atom is -0.489 e. The van der Waals surface area contributed by atoms with Crippen LogP contribution < -0.4 is 4.74 Å². The fourth-order valence-corrected chi connectivity index (χ4v) is 6.74. The Morgan fingerprint density at radius 1 is 0.829 bits per heavy atom. The van der Waals surface area contributed by atoms with Gasteiger partial charge < -0.3 is 18.4 Å². The molecule has 4 aromatic rings. The molecule has 9 nitrogen and oxygen atoms in total. The Morgan fingerprint density at radius 2 is 1.49 bits per heavy atom. The maximum absolute atomic E-state index is 13.1. The number of unbranched alkanes of at least 4 members (excludes halogenated alkanes) is 1. The molecule has 41 heavy (non-hydrogen) atoms. The number of benzene rings is 3. The van der Waals surface area contributed by atoms with E-state index in [4.69, 9.17) is 18.8 Å². The average Bonchev–Trinajstić information content (AvgIpc) is 3.44. The summed E-state index contributed by atoms with van der Waals surface area (Å²) in [7, 11) is -3.15. The number of imide groups is 1. The molecule has 0 spiro atoms. The van der Waals surface area contributed by atoms with Gasteiger partial charge in [0, 0.05) is 12.6 Å². The summed E-state index contributed by atoms with van der Waals surface area (Å²) >= 11 is 0. The highest BCUT2D eigenvalue weighted by Crippen LogP contribution is 2.48. The molecule has 1 aliphatic rings. The van der Waals surface area contributed by atoms with Crippen molar-refractivity contribution in [2.45, 2.75) is 46.4 Å². The molecule has 3 aromatic carbocycles. The Balaban J connectivity index is 1.39. The van der Waals surface area contributed by atoms with Gasteiger partial charge in [0.2, 0.25) is 0 Å². The molecule has 214 valence electrons. The van der Waals surface area contributed by atoms with E-state index in [2.05, 4.69) is 0 Å². The smallest absolute Gasteiger partial charge is 0.330 e. The number of aryl methyl sites for hydroxylation is 1. The van der Waals surface area contributed by atoms with Crippen LogP contribution in [0.1, 0.15) is 58.8 Å². The largest absolute Gasteiger partial charge is 0.489 e. The van der Waals surface area contributed by atoms with Gasteiger partial charge in [-0.05, 0) is 56.5 Å². The van der Waals surface area contributed by atoms with Crippen molar-refractivity contribution in [1.82, 2.24) is 14.5 Å². The quantitative estimate of drug-likeness (QED) is 0.0967. The van der Waals surface area contributed by atoms with Gasteiger partial charge in [-0.15, -0.1) is 0 Å². The first kappa shape index (κ1) is 28.7. The lowest BCUT2D eigenvalue weighted by Crippen LogP contribution is -2.30. The zero-order valence-electron chi connectivity index (χ0n) is 23.3. The van der Waals surface area contributed by atoms with E-state index in [0.29, 0.717) is 68.1 Å². The van der Waals surface area contributed by atoms with Crippen LogP contribution in [0.2, 0.25) is 0 Å². The van der Waals surface area contributed by atoms with Crippen molar-refractivity contribution in [3.8, 4) is 5.75 Å². The average molecular weight is 576 g/mol. The van der Waals surface area contributed by atoms with Gasteiger partial charge in [-0.3, -0.25) is 19.1 Å². The molecule has 0 atom stereocenters. The number of hydrogen-bond donors (Lipinski definition) is 0. The number of aromatic nitrogens is 2. The Morgan fingerprint density at radius 3 is 2.15 bits per heavy atom. The van der Waals surface area contributed by atoms with Crippen LogP contribution in [0, 0.1) is 0 Å². The lowest BCUT2D eigenvalue weighted by atomic mass is 10.1. The summed E-state index contributed by atoms with van der Waals surface area (Å²) < 4.78 is 31.9. The Hall–Kier alpha value is -3.78. The highest BCUT2D eigenvalue weighted by atomic mass is 31.2. The standard InChI is InChI=1S/C31H34N3O6P/c1-3-39-41(37,40-4-2)19-11-10-18-33-28-20-24(38-22-23-12-6-5-7-13-23)16-17-27(28)32-29(33)21-34-30(35)25-14-8-9-15-26(25)31(34)36/h5-9,12-17,20H,3-4,10-11,18-19,21-22H2,1-2H3. The first-order chi connectivity index (χ1) is 19.9. The maximum Gasteiger partial charge on any atom is 0.330 e. The van der Waals surface area contributed by atoms with Gasteiger partial charge in [-0.2, -0.15) is 0 Å². The fourth-order valence-electron chi connectivity index (χ4n) is 5.01. The number of hydrogen-bond acceptors (Lipinski definition) is 7. The molecule has 0 unspecified atom stereocenters. The number of amides is 2. The molecule has 0 bridgehead atoms. The third-order valence-electron chi connectivity index (χ3n) is 6.94. The number of imidazole rings is 1. The van der Waals surface area contributed by atoms with E-state index < -0.39 is 7.60 Å². The van der Waals surface area contributed by atoms with E-state index in [1.807, 2.05) is 53.1 Å². The summed E-state index contributed by atoms with van der Waals surface area (Å²) in [5, 5.41) is 0. The number of carbonyl (C=O) groups excluding carboxylic acids is 2. The van der Waals surface area contributed by atoms with Gasteiger partial charge >= 0.3 is 7.60 Å². The van der Waals surface area contributed by atoms with Crippen LogP contribution in [0.3, 0.4) is 0 Å². The summed E-state index contributed by atoms with van der Waals surface area (Å²) in [5.74, 6) is 0.621. The summed E-state index contributed by atoms with van der Waals surface area (Å²) in [6, 6.07) is 22.5. The molecule has 0 saturated heterocycles. The number of rotatable bonds is 14. The first-order valence-corrected chi connectivity index (χ1v) is 15.6. The number of carbonyl (C=O) groups is 2. The number of fused-ring (bicyclic) bond motifs is 2. The predicted octanol–water partition coefficient (Wildman–Crippen LogP) is 6.46. The third-order valence-corrected chi connectivity index (χ3v) is 9.11. The molecular formula is C31H34N3O6P. The molecule has 0 saturated carbocycles. The Kier molecular flexibility index (Phi) is 8.98. The zero-order valence-corrected chi connectivity index (χ0v) is 24.2. The van der Waals surface area contributed by atoms with Gasteiger partial charge in [-0.25, -0.2) is 4.98 Å². The summed E-state index contributed by atoms with van der Waals surface area (Å²) in [5.41, 5.74) is 3.43. The second kappa shape index (κ2) is 12.8. The van der Waals surface area contributed by atoms with Crippen LogP contribution in [-0.4, -0.2) is 45.6 Å². The lowest BCUT2D eigenvalue weighted by Gasteiger charge is -2.18. The molecule has 1 aromatic heterocycles. The topological polar surface area (TPSA) is 100.0 Å². The summed E-state index contributed by atoms with van der Waals surface area (Å²) in [4.78, 5) is 32.2. The van der Waals surface area contributed by atoms with Crippen LogP contribution in [-0.2, 0) is 33.3 Å². The van der Waals surface area contributed by atoms with Gasteiger partial charge in [0.25, 0.3) is 11.8 Å². The number of ether oxygens (including phenoxy) is 1. The molecular weight excluding hydrogens is 541 g/mol. The predicted molar refractivity (Wildman–Crippen MR) is 156 cm³/mol. The Labute approximate surface area is 239 Å². The summed E-state index contributed by atoms with van der Waals surface area (Å²) in [6.07, 6.45) is 1.58. The van der Waals surface area contributed by atoms with Crippen LogP contribution in [0.25, 0.3) is 11.0 Å². The molecule has 1 aliphatic heterocycles. The van der Waals surface area contributed by atoms with Gasteiger partial charge in [0.1, 0.15) is 18.2 Å². The lowest BCUT2D eigenvalue weighted by molar-refractivity contribution is 0.0636. The van der Waals surface area contributed by atoms with Crippen molar-refractivity contribution in [2.75, 3.05) is 19.4 Å². The second-order valence-electron chi connectivity index (χ2n) is 9.72. The molecule has 10 heteroatoms. The molecule has 0 N–H and O–H groups in total. The molecule has 5 rings (SSSR count). The van der Waals surface area contributed by atoms with Crippen LogP contribution in [0.5, 0.6) is 5.75 Å². The van der Waals surface area contributed by atoms with E-state index in [1.54, 1.807) is 38.1 Å². The van der Waals surface area contributed by atoms with Crippen molar-refractivity contribution in [3.05, 3.63) is 95.3 Å². The molecule has 2 amide bonds. The third kappa shape index (κ3) is 6.43. The highest BCUT2D eigenvalue weighted by molar-refractivity contribution is 7.53. The van der Waals surface area contributed by atoms with E-state index in [0.717, 1.165) is 16.6 Å². The molecule has 0 fully saturated rings. The fraction of sp³-hybridized carbons (Fsp3) is 0.323. The summed E-state index contributed by atoms with van der Waals surface area (Å²) in [6.45, 7) is 5.23. The highest BCUT2D eigenvalue weighted by Gasteiger charge is 2.36. The van der Waals surface area contributed by atoms with E-state index in [1.165, 1.54) is 4.90 Å². The normalized spacial score (nSPS) is 13.3. The van der Waals surface area contributed by atoms with Crippen molar-refractivity contribution in [3.63, 3.8) is 0 Å². The van der Waals surface area contributed by atoms with E-state index >= 15 is 0 Å². The molecule has 2 heterocycles. The van der Waals surface area contributed by atoms with Crippen LogP contribution in [0.4, 0.5) is 0 Å². The molecule has 0 aliphatic carbocycles. The minimum atomic E-state index is -3.15. The minimum absolute atomic E-state index is 0.0393. The monoisotopic (exact) mass is 575 g/mol. The van der Waals surface area contributed by atoms with Gasteiger partial charge in [0.05, 0.1) is 48.1 Å².